The van der Waals surface area contributed by atoms with E-state index in [1.54, 1.807) is 24.0 Å². The van der Waals surface area contributed by atoms with Gasteiger partial charge in [0.15, 0.2) is 0 Å². The number of benzene rings is 1. The largest absolute Gasteiger partial charge is 0.490 e. The Balaban J connectivity index is 2.06. The first kappa shape index (κ1) is 13.4. The fraction of sp³-hybridized carbons (Fsp3) is 0.429. The lowest BCUT2D eigenvalue weighted by Gasteiger charge is -2.18. The van der Waals surface area contributed by atoms with E-state index >= 15 is 0 Å². The molecular formula is C14H17NO4. The van der Waals surface area contributed by atoms with Crippen LogP contribution in [-0.4, -0.2) is 29.6 Å². The Hall–Kier alpha value is -2.04. The van der Waals surface area contributed by atoms with Gasteiger partial charge in [0.2, 0.25) is 5.91 Å². The Bertz CT molecular complexity index is 486. The summed E-state index contributed by atoms with van der Waals surface area (Å²) in [4.78, 5) is 24.0. The lowest BCUT2D eigenvalue weighted by molar-refractivity contribution is -0.138. The molecule has 1 aliphatic heterocycles. The van der Waals surface area contributed by atoms with Crippen LogP contribution in [0.15, 0.2) is 24.3 Å². The second kappa shape index (κ2) is 5.73. The summed E-state index contributed by atoms with van der Waals surface area (Å²) in [6, 6.07) is 7.21. The molecule has 1 amide bonds. The van der Waals surface area contributed by atoms with Crippen molar-refractivity contribution >= 4 is 17.6 Å². The number of rotatable bonds is 5. The first-order chi connectivity index (χ1) is 9.06. The van der Waals surface area contributed by atoms with Crippen LogP contribution in [-0.2, 0) is 9.59 Å². The average Bonchev–Trinajstić information content (AvgIpc) is 2.74. The summed E-state index contributed by atoms with van der Waals surface area (Å²) < 4.78 is 5.54. The summed E-state index contributed by atoms with van der Waals surface area (Å²) >= 11 is 0. The van der Waals surface area contributed by atoms with Crippen LogP contribution in [0.3, 0.4) is 0 Å². The minimum atomic E-state index is -0.890. The highest BCUT2D eigenvalue weighted by Crippen LogP contribution is 2.26. The molecule has 0 aromatic heterocycles. The van der Waals surface area contributed by atoms with Gasteiger partial charge in [-0.1, -0.05) is 6.07 Å². The van der Waals surface area contributed by atoms with Gasteiger partial charge < -0.3 is 14.7 Å². The lowest BCUT2D eigenvalue weighted by atomic mass is 10.2. The molecule has 1 fully saturated rings. The topological polar surface area (TPSA) is 66.8 Å². The molecule has 0 unspecified atom stereocenters. The molecule has 1 heterocycles. The van der Waals surface area contributed by atoms with E-state index < -0.39 is 12.1 Å². The summed E-state index contributed by atoms with van der Waals surface area (Å²) in [5.74, 6) is -0.181. The highest BCUT2D eigenvalue weighted by molar-refractivity contribution is 5.95. The number of carbonyl (C=O) groups excluding carboxylic acids is 1. The van der Waals surface area contributed by atoms with Gasteiger partial charge in [0, 0.05) is 24.7 Å². The second-order valence-electron chi connectivity index (χ2n) is 4.67. The maximum atomic E-state index is 11.7. The summed E-state index contributed by atoms with van der Waals surface area (Å²) in [7, 11) is 0. The molecule has 1 aliphatic rings. The van der Waals surface area contributed by atoms with E-state index in [1.165, 1.54) is 0 Å². The van der Waals surface area contributed by atoms with E-state index in [9.17, 15) is 9.59 Å². The smallest absolute Gasteiger partial charge is 0.307 e. The van der Waals surface area contributed by atoms with Crippen molar-refractivity contribution < 1.29 is 19.4 Å². The molecule has 0 radical (unpaired) electrons. The van der Waals surface area contributed by atoms with E-state index in [2.05, 4.69) is 0 Å². The van der Waals surface area contributed by atoms with E-state index in [0.29, 0.717) is 12.2 Å². The first-order valence-corrected chi connectivity index (χ1v) is 6.35. The van der Waals surface area contributed by atoms with Crippen molar-refractivity contribution in [1.82, 2.24) is 0 Å². The third-order valence-electron chi connectivity index (χ3n) is 3.00. The predicted molar refractivity (Wildman–Crippen MR) is 70.4 cm³/mol. The standard InChI is InChI=1S/C14H17NO4/c1-10(8-14(17)18)19-12-5-2-4-11(9-12)15-7-3-6-13(15)16/h2,4-5,9-10H,3,6-8H2,1H3,(H,17,18)/t10-/m0/s1. The average molecular weight is 263 g/mol. The van der Waals surface area contributed by atoms with Crippen LogP contribution in [0.1, 0.15) is 26.2 Å². The lowest BCUT2D eigenvalue weighted by Crippen LogP contribution is -2.23. The zero-order valence-corrected chi connectivity index (χ0v) is 10.8. The van der Waals surface area contributed by atoms with Gasteiger partial charge >= 0.3 is 5.97 Å². The van der Waals surface area contributed by atoms with Crippen molar-refractivity contribution in [2.24, 2.45) is 0 Å². The van der Waals surface area contributed by atoms with Crippen molar-refractivity contribution in [1.29, 1.82) is 0 Å². The number of ether oxygens (including phenoxy) is 1. The summed E-state index contributed by atoms with van der Waals surface area (Å²) in [6.07, 6.45) is 1.01. The summed E-state index contributed by atoms with van der Waals surface area (Å²) in [6.45, 7) is 2.44. The predicted octanol–water partition coefficient (Wildman–Crippen LogP) is 2.06. The maximum Gasteiger partial charge on any atom is 0.307 e. The number of carbonyl (C=O) groups is 2. The molecular weight excluding hydrogens is 246 g/mol. The number of carboxylic acid groups (broad SMARTS) is 1. The van der Waals surface area contributed by atoms with Crippen LogP contribution in [0, 0.1) is 0 Å². The van der Waals surface area contributed by atoms with Gasteiger partial charge in [-0.15, -0.1) is 0 Å². The maximum absolute atomic E-state index is 11.7. The Morgan fingerprint density at radius 1 is 1.53 bits per heavy atom. The molecule has 0 bridgehead atoms. The minimum Gasteiger partial charge on any atom is -0.490 e. The molecule has 0 saturated carbocycles. The number of hydrogen-bond donors (Lipinski definition) is 1. The number of hydrogen-bond acceptors (Lipinski definition) is 3. The van der Waals surface area contributed by atoms with Crippen LogP contribution in [0.25, 0.3) is 0 Å². The third kappa shape index (κ3) is 3.47. The number of aliphatic carboxylic acids is 1. The van der Waals surface area contributed by atoms with E-state index in [-0.39, 0.29) is 12.3 Å². The van der Waals surface area contributed by atoms with E-state index in [4.69, 9.17) is 9.84 Å². The number of carboxylic acids is 1. The molecule has 102 valence electrons. The number of nitrogens with zero attached hydrogens (tertiary/aromatic N) is 1. The van der Waals surface area contributed by atoms with Gasteiger partial charge in [0.1, 0.15) is 11.9 Å². The van der Waals surface area contributed by atoms with Crippen molar-refractivity contribution in [3.05, 3.63) is 24.3 Å². The molecule has 0 aliphatic carbocycles. The number of amides is 1. The third-order valence-corrected chi connectivity index (χ3v) is 3.00. The normalized spacial score (nSPS) is 16.5. The van der Waals surface area contributed by atoms with Crippen molar-refractivity contribution in [2.45, 2.75) is 32.3 Å². The summed E-state index contributed by atoms with van der Waals surface area (Å²) in [5.41, 5.74) is 0.808. The quantitative estimate of drug-likeness (QED) is 0.883. The molecule has 1 saturated heterocycles. The van der Waals surface area contributed by atoms with Crippen LogP contribution in [0.2, 0.25) is 0 Å². The zero-order chi connectivity index (χ0) is 13.8. The Morgan fingerprint density at radius 2 is 2.32 bits per heavy atom. The molecule has 0 spiro atoms. The van der Waals surface area contributed by atoms with Crippen LogP contribution in [0.4, 0.5) is 5.69 Å². The van der Waals surface area contributed by atoms with Crippen LogP contribution >= 0.6 is 0 Å². The van der Waals surface area contributed by atoms with Crippen molar-refractivity contribution in [3.8, 4) is 5.75 Å². The molecule has 19 heavy (non-hydrogen) atoms. The monoisotopic (exact) mass is 263 g/mol. The van der Waals surface area contributed by atoms with Crippen LogP contribution < -0.4 is 9.64 Å². The molecule has 1 N–H and O–H groups in total. The van der Waals surface area contributed by atoms with Gasteiger partial charge in [-0.25, -0.2) is 0 Å². The fourth-order valence-electron chi connectivity index (χ4n) is 2.17. The van der Waals surface area contributed by atoms with Crippen LogP contribution in [0.5, 0.6) is 5.75 Å². The molecule has 1 aromatic carbocycles. The minimum absolute atomic E-state index is 0.0487. The highest BCUT2D eigenvalue weighted by Gasteiger charge is 2.22. The van der Waals surface area contributed by atoms with Gasteiger partial charge in [-0.3, -0.25) is 9.59 Å². The van der Waals surface area contributed by atoms with E-state index in [1.807, 2.05) is 12.1 Å². The van der Waals surface area contributed by atoms with Gasteiger partial charge in [-0.05, 0) is 25.5 Å². The molecule has 1 aromatic rings. The van der Waals surface area contributed by atoms with Gasteiger partial charge in [0.25, 0.3) is 0 Å². The Labute approximate surface area is 111 Å². The van der Waals surface area contributed by atoms with Crippen molar-refractivity contribution in [2.75, 3.05) is 11.4 Å². The molecule has 5 heteroatoms. The van der Waals surface area contributed by atoms with E-state index in [0.717, 1.165) is 18.7 Å². The molecule has 2 rings (SSSR count). The zero-order valence-electron chi connectivity index (χ0n) is 10.8. The first-order valence-electron chi connectivity index (χ1n) is 6.35. The molecule has 1 atom stereocenters. The van der Waals surface area contributed by atoms with Gasteiger partial charge in [0.05, 0.1) is 6.42 Å². The number of anilines is 1. The fourth-order valence-corrected chi connectivity index (χ4v) is 2.17. The molecule has 5 nitrogen and oxygen atoms in total. The van der Waals surface area contributed by atoms with Gasteiger partial charge in [-0.2, -0.15) is 0 Å². The SMILES string of the molecule is C[C@@H](CC(=O)O)Oc1cccc(N2CCCC2=O)c1. The van der Waals surface area contributed by atoms with Crippen molar-refractivity contribution in [3.63, 3.8) is 0 Å². The Morgan fingerprint density at radius 3 is 2.95 bits per heavy atom. The Kier molecular flexibility index (Phi) is 4.04. The second-order valence-corrected chi connectivity index (χ2v) is 4.67. The summed E-state index contributed by atoms with van der Waals surface area (Å²) in [5, 5.41) is 8.69. The highest BCUT2D eigenvalue weighted by atomic mass is 16.5.